The molecule has 0 N–H and O–H groups in total. The van der Waals surface area contributed by atoms with Crippen molar-refractivity contribution in [3.8, 4) is 17.2 Å². The number of alkyl halides is 5. The van der Waals surface area contributed by atoms with E-state index in [9.17, 15) is 31.1 Å². The minimum Gasteiger partial charge on any atom is -0.490 e. The van der Waals surface area contributed by atoms with Crippen molar-refractivity contribution >= 4 is 5.91 Å². The van der Waals surface area contributed by atoms with Gasteiger partial charge in [-0.15, -0.1) is 0 Å². The fourth-order valence-electron chi connectivity index (χ4n) is 3.25. The summed E-state index contributed by atoms with van der Waals surface area (Å²) in [6.07, 6.45) is -4.29. The lowest BCUT2D eigenvalue weighted by Crippen LogP contribution is -2.28. The van der Waals surface area contributed by atoms with Crippen LogP contribution in [-0.4, -0.2) is 40.9 Å². The van der Waals surface area contributed by atoms with Gasteiger partial charge >= 0.3 is 12.8 Å². The van der Waals surface area contributed by atoms with Crippen LogP contribution in [0.1, 0.15) is 28.5 Å². The maximum absolute atomic E-state index is 14.1. The number of aromatic nitrogens is 2. The number of ether oxygens (including phenoxy) is 2. The number of amides is 1. The van der Waals surface area contributed by atoms with Gasteiger partial charge in [0.25, 0.3) is 5.91 Å². The maximum Gasteiger partial charge on any atom is 0.434 e. The molecule has 0 fully saturated rings. The van der Waals surface area contributed by atoms with Crippen LogP contribution in [0.2, 0.25) is 0 Å². The van der Waals surface area contributed by atoms with Crippen LogP contribution < -0.4 is 9.47 Å². The summed E-state index contributed by atoms with van der Waals surface area (Å²) in [6.45, 7) is -1.50. The van der Waals surface area contributed by atoms with E-state index in [1.54, 1.807) is 6.92 Å². The highest BCUT2D eigenvalue weighted by Crippen LogP contribution is 2.35. The van der Waals surface area contributed by atoms with Gasteiger partial charge in [-0.25, -0.2) is 9.07 Å². The smallest absolute Gasteiger partial charge is 0.434 e. The lowest BCUT2D eigenvalue weighted by Gasteiger charge is -2.20. The Hall–Kier alpha value is -3.70. The summed E-state index contributed by atoms with van der Waals surface area (Å²) in [7, 11) is 1.26. The molecular formula is C22H19F6N3O3. The normalized spacial score (nSPS) is 11.6. The molecule has 0 bridgehead atoms. The third-order valence-corrected chi connectivity index (χ3v) is 4.64. The fraction of sp³-hybridized carbons (Fsp3) is 0.273. The summed E-state index contributed by atoms with van der Waals surface area (Å²) >= 11 is 0. The van der Waals surface area contributed by atoms with Crippen LogP contribution in [0.15, 0.2) is 48.7 Å². The van der Waals surface area contributed by atoms with Crippen molar-refractivity contribution in [2.24, 2.45) is 0 Å². The molecule has 0 unspecified atom stereocenters. The second-order valence-electron chi connectivity index (χ2n) is 7.02. The molecule has 0 aliphatic carbocycles. The first-order valence-corrected chi connectivity index (χ1v) is 9.89. The zero-order valence-electron chi connectivity index (χ0n) is 17.9. The molecule has 6 nitrogen and oxygen atoms in total. The van der Waals surface area contributed by atoms with E-state index in [0.717, 1.165) is 23.2 Å². The molecule has 1 amide bonds. The van der Waals surface area contributed by atoms with Gasteiger partial charge in [0, 0.05) is 13.6 Å². The largest absolute Gasteiger partial charge is 0.490 e. The number of para-hydroxylation sites is 1. The van der Waals surface area contributed by atoms with Gasteiger partial charge in [-0.2, -0.15) is 27.1 Å². The van der Waals surface area contributed by atoms with Crippen molar-refractivity contribution in [1.82, 2.24) is 14.7 Å². The standard InChI is InChI=1S/C22H19F6N3O3/c1-3-33-18-10-13(8-9-17(18)34-21(24)25)12-30(2)20(32)14-11-29-31(19(14)22(26,27)28)16-7-5-4-6-15(16)23/h4-11,21H,3,12H2,1-2H3. The summed E-state index contributed by atoms with van der Waals surface area (Å²) in [4.78, 5) is 13.9. The van der Waals surface area contributed by atoms with Crippen LogP contribution in [-0.2, 0) is 12.7 Å². The second-order valence-corrected chi connectivity index (χ2v) is 7.02. The highest BCUT2D eigenvalue weighted by molar-refractivity contribution is 5.95. The molecule has 0 spiro atoms. The highest BCUT2D eigenvalue weighted by Gasteiger charge is 2.41. The van der Waals surface area contributed by atoms with Crippen molar-refractivity contribution in [1.29, 1.82) is 0 Å². The van der Waals surface area contributed by atoms with Crippen LogP contribution in [0.5, 0.6) is 11.5 Å². The summed E-state index contributed by atoms with van der Waals surface area (Å²) < 4.78 is 90.8. The number of benzene rings is 2. The zero-order valence-corrected chi connectivity index (χ0v) is 17.9. The Kier molecular flexibility index (Phi) is 7.38. The van der Waals surface area contributed by atoms with Crippen molar-refractivity contribution in [3.63, 3.8) is 0 Å². The highest BCUT2D eigenvalue weighted by atomic mass is 19.4. The lowest BCUT2D eigenvalue weighted by atomic mass is 10.1. The number of halogens is 6. The van der Waals surface area contributed by atoms with Gasteiger partial charge in [-0.05, 0) is 36.8 Å². The molecular weight excluding hydrogens is 468 g/mol. The topological polar surface area (TPSA) is 56.6 Å². The van der Waals surface area contributed by atoms with Crippen LogP contribution in [0, 0.1) is 5.82 Å². The van der Waals surface area contributed by atoms with Crippen LogP contribution in [0.3, 0.4) is 0 Å². The molecule has 34 heavy (non-hydrogen) atoms. The Labute approximate surface area is 190 Å². The molecule has 2 aromatic carbocycles. The van der Waals surface area contributed by atoms with Gasteiger partial charge in [0.05, 0.1) is 18.4 Å². The molecule has 0 saturated heterocycles. The monoisotopic (exact) mass is 487 g/mol. The molecule has 1 aromatic heterocycles. The van der Waals surface area contributed by atoms with E-state index >= 15 is 0 Å². The summed E-state index contributed by atoms with van der Waals surface area (Å²) in [5, 5.41) is 3.60. The van der Waals surface area contributed by atoms with E-state index in [4.69, 9.17) is 4.74 Å². The second kappa shape index (κ2) is 10.1. The predicted octanol–water partition coefficient (Wildman–Crippen LogP) is 5.30. The third kappa shape index (κ3) is 5.43. The minimum atomic E-state index is -5.01. The van der Waals surface area contributed by atoms with E-state index < -0.39 is 41.5 Å². The maximum atomic E-state index is 14.1. The van der Waals surface area contributed by atoms with Gasteiger partial charge in [0.1, 0.15) is 11.5 Å². The third-order valence-electron chi connectivity index (χ3n) is 4.64. The first-order valence-electron chi connectivity index (χ1n) is 9.89. The number of carbonyl (C=O) groups excluding carboxylic acids is 1. The number of nitrogens with zero attached hydrogens (tertiary/aromatic N) is 3. The summed E-state index contributed by atoms with van der Waals surface area (Å²) in [5.74, 6) is -2.21. The first kappa shape index (κ1) is 24.9. The SMILES string of the molecule is CCOc1cc(CN(C)C(=O)c2cnn(-c3ccccc3F)c2C(F)(F)F)ccc1OC(F)F. The molecule has 3 aromatic rings. The Balaban J connectivity index is 1.92. The van der Waals surface area contributed by atoms with E-state index in [2.05, 4.69) is 9.84 Å². The number of hydrogen-bond acceptors (Lipinski definition) is 4. The molecule has 0 aliphatic rings. The van der Waals surface area contributed by atoms with Crippen molar-refractivity contribution in [2.45, 2.75) is 26.3 Å². The molecule has 0 aliphatic heterocycles. The van der Waals surface area contributed by atoms with Crippen LogP contribution >= 0.6 is 0 Å². The average molecular weight is 487 g/mol. The predicted molar refractivity (Wildman–Crippen MR) is 109 cm³/mol. The Bertz CT molecular complexity index is 1160. The molecule has 0 atom stereocenters. The van der Waals surface area contributed by atoms with Crippen molar-refractivity contribution in [2.75, 3.05) is 13.7 Å². The quantitative estimate of drug-likeness (QED) is 0.405. The summed E-state index contributed by atoms with van der Waals surface area (Å²) in [6, 6.07) is 8.66. The minimum absolute atomic E-state index is 0.00972. The summed E-state index contributed by atoms with van der Waals surface area (Å²) in [5.41, 5.74) is -2.28. The molecule has 182 valence electrons. The van der Waals surface area contributed by atoms with Gasteiger partial charge in [0.2, 0.25) is 0 Å². The van der Waals surface area contributed by atoms with Gasteiger partial charge in [-0.3, -0.25) is 4.79 Å². The zero-order chi connectivity index (χ0) is 25.0. The van der Waals surface area contributed by atoms with Crippen molar-refractivity contribution < 1.29 is 40.6 Å². The molecule has 3 rings (SSSR count). The van der Waals surface area contributed by atoms with E-state index in [0.29, 0.717) is 10.2 Å². The first-order chi connectivity index (χ1) is 16.0. The fourth-order valence-corrected chi connectivity index (χ4v) is 3.25. The molecule has 0 saturated carbocycles. The average Bonchev–Trinajstić information content (AvgIpc) is 3.20. The molecule has 0 radical (unpaired) electrons. The van der Waals surface area contributed by atoms with E-state index in [1.807, 2.05) is 0 Å². The van der Waals surface area contributed by atoms with E-state index in [-0.39, 0.29) is 24.7 Å². The number of rotatable bonds is 8. The number of carbonyl (C=O) groups is 1. The van der Waals surface area contributed by atoms with Gasteiger partial charge in [0.15, 0.2) is 17.2 Å². The van der Waals surface area contributed by atoms with E-state index in [1.165, 1.54) is 37.4 Å². The molecule has 12 heteroatoms. The lowest BCUT2D eigenvalue weighted by molar-refractivity contribution is -0.143. The van der Waals surface area contributed by atoms with Gasteiger partial charge in [-0.1, -0.05) is 18.2 Å². The van der Waals surface area contributed by atoms with Gasteiger partial charge < -0.3 is 14.4 Å². The Morgan fingerprint density at radius 1 is 1.15 bits per heavy atom. The number of hydrogen-bond donors (Lipinski definition) is 0. The Morgan fingerprint density at radius 2 is 1.85 bits per heavy atom. The van der Waals surface area contributed by atoms with Crippen molar-refractivity contribution in [3.05, 3.63) is 71.3 Å². The Morgan fingerprint density at radius 3 is 2.47 bits per heavy atom. The van der Waals surface area contributed by atoms with Crippen LogP contribution in [0.4, 0.5) is 26.3 Å². The molecule has 1 heterocycles. The van der Waals surface area contributed by atoms with Crippen LogP contribution in [0.25, 0.3) is 5.69 Å².